The van der Waals surface area contributed by atoms with E-state index in [0.717, 1.165) is 18.2 Å². The summed E-state index contributed by atoms with van der Waals surface area (Å²) in [6, 6.07) is 0.781. The van der Waals surface area contributed by atoms with Gasteiger partial charge in [0.15, 0.2) is 5.17 Å². The van der Waals surface area contributed by atoms with Crippen LogP contribution in [0.4, 0.5) is 0 Å². The number of rotatable bonds is 10. The lowest BCUT2D eigenvalue weighted by molar-refractivity contribution is 0.0712. The molecule has 0 aromatic heterocycles. The van der Waals surface area contributed by atoms with Gasteiger partial charge in [-0.25, -0.2) is 0 Å². The van der Waals surface area contributed by atoms with Crippen LogP contribution in [0.15, 0.2) is 0 Å². The molecule has 0 amide bonds. The van der Waals surface area contributed by atoms with Crippen LogP contribution in [-0.4, -0.2) is 39.5 Å². The molecule has 3 N–H and O–H groups in total. The van der Waals surface area contributed by atoms with Gasteiger partial charge < -0.3 is 19.0 Å². The Labute approximate surface area is 121 Å². The van der Waals surface area contributed by atoms with E-state index in [1.165, 1.54) is 11.8 Å². The van der Waals surface area contributed by atoms with Crippen molar-refractivity contribution in [2.75, 3.05) is 25.6 Å². The minimum absolute atomic E-state index is 0. The van der Waals surface area contributed by atoms with Crippen LogP contribution in [0.2, 0.25) is 6.04 Å². The Balaban J connectivity index is 0. The summed E-state index contributed by atoms with van der Waals surface area (Å²) < 4.78 is 17.2. The molecule has 5 nitrogen and oxygen atoms in total. The summed E-state index contributed by atoms with van der Waals surface area (Å²) in [4.78, 5) is 0. The highest BCUT2D eigenvalue weighted by Gasteiger charge is 2.39. The zero-order valence-electron chi connectivity index (χ0n) is 11.4. The third-order valence-electron chi connectivity index (χ3n) is 1.98. The van der Waals surface area contributed by atoms with E-state index in [1.54, 1.807) is 0 Å². The molecule has 0 fully saturated rings. The lowest BCUT2D eigenvalue weighted by Crippen LogP contribution is -2.46. The van der Waals surface area contributed by atoms with Crippen molar-refractivity contribution in [3.05, 3.63) is 0 Å². The Bertz CT molecular complexity index is 208. The first kappa shape index (κ1) is 20.5. The molecule has 0 saturated carbocycles. The third kappa shape index (κ3) is 9.18. The van der Waals surface area contributed by atoms with Crippen LogP contribution in [0.1, 0.15) is 27.2 Å². The lowest BCUT2D eigenvalue weighted by Gasteiger charge is -2.28. The average Bonchev–Trinajstić information content (AvgIpc) is 2.25. The minimum Gasteiger partial charge on any atom is -0.379 e. The smallest absolute Gasteiger partial charge is 0.379 e. The van der Waals surface area contributed by atoms with Gasteiger partial charge in [0.1, 0.15) is 0 Å². The topological polar surface area (TPSA) is 77.6 Å². The molecule has 0 aliphatic carbocycles. The van der Waals surface area contributed by atoms with Crippen molar-refractivity contribution < 1.29 is 13.3 Å². The molecule has 0 aliphatic heterocycles. The van der Waals surface area contributed by atoms with E-state index in [-0.39, 0.29) is 17.6 Å². The van der Waals surface area contributed by atoms with Crippen molar-refractivity contribution in [2.45, 2.75) is 33.2 Å². The van der Waals surface area contributed by atoms with Gasteiger partial charge in [0.2, 0.25) is 0 Å². The molecule has 0 saturated heterocycles. The van der Waals surface area contributed by atoms with Crippen molar-refractivity contribution in [3.8, 4) is 0 Å². The molecule has 0 atom stereocenters. The fourth-order valence-corrected chi connectivity index (χ4v) is 4.85. The Hall–Kier alpha value is 0.207. The first-order valence-corrected chi connectivity index (χ1v) is 8.90. The highest BCUT2D eigenvalue weighted by molar-refractivity contribution is 8.13. The summed E-state index contributed by atoms with van der Waals surface area (Å²) >= 11 is 1.34. The zero-order chi connectivity index (χ0) is 13.1. The van der Waals surface area contributed by atoms with Gasteiger partial charge in [-0.2, -0.15) is 0 Å². The fourth-order valence-electron chi connectivity index (χ4n) is 1.47. The molecule has 18 heavy (non-hydrogen) atoms. The highest BCUT2D eigenvalue weighted by atomic mass is 35.5. The van der Waals surface area contributed by atoms with Crippen molar-refractivity contribution in [3.63, 3.8) is 0 Å². The number of hydrogen-bond donors (Lipinski definition) is 2. The van der Waals surface area contributed by atoms with Gasteiger partial charge in [0.05, 0.1) is 0 Å². The van der Waals surface area contributed by atoms with E-state index in [2.05, 4.69) is 0 Å². The normalized spacial score (nSPS) is 11.1. The molecule has 0 aromatic rings. The van der Waals surface area contributed by atoms with Crippen LogP contribution in [0, 0.1) is 5.41 Å². The molecule has 0 radical (unpaired) electrons. The van der Waals surface area contributed by atoms with Crippen molar-refractivity contribution in [2.24, 2.45) is 5.73 Å². The molecule has 0 bridgehead atoms. The minimum atomic E-state index is -2.49. The Morgan fingerprint density at radius 1 is 1.11 bits per heavy atom. The number of amidine groups is 1. The molecule has 0 aromatic carbocycles. The quantitative estimate of drug-likeness (QED) is 0.280. The van der Waals surface area contributed by atoms with E-state index in [9.17, 15) is 0 Å². The number of thioether (sulfide) groups is 1. The summed E-state index contributed by atoms with van der Waals surface area (Å²) in [7, 11) is -2.49. The summed E-state index contributed by atoms with van der Waals surface area (Å²) in [5.74, 6) is 0.803. The SMILES string of the molecule is CCO[Si](CCCSC(=N)N)(OCC)OCC.Cl. The molecular formula is C10H25ClN2O3SSi. The van der Waals surface area contributed by atoms with E-state index < -0.39 is 8.80 Å². The molecule has 0 aliphatic rings. The molecule has 0 spiro atoms. The summed E-state index contributed by atoms with van der Waals surface area (Å²) in [6.07, 6.45) is 0.885. The number of halogens is 1. The van der Waals surface area contributed by atoms with E-state index in [0.29, 0.717) is 19.8 Å². The third-order valence-corrected chi connectivity index (χ3v) is 5.93. The Kier molecular flexibility index (Phi) is 14.0. The van der Waals surface area contributed by atoms with E-state index in [1.807, 2.05) is 20.8 Å². The first-order chi connectivity index (χ1) is 8.10. The van der Waals surface area contributed by atoms with Gasteiger partial charge >= 0.3 is 8.80 Å². The summed E-state index contributed by atoms with van der Waals surface area (Å²) in [5, 5.41) is 7.28. The van der Waals surface area contributed by atoms with Crippen LogP contribution in [0.3, 0.4) is 0 Å². The highest BCUT2D eigenvalue weighted by Crippen LogP contribution is 2.19. The van der Waals surface area contributed by atoms with Crippen molar-refractivity contribution in [1.29, 1.82) is 5.41 Å². The number of nitrogens with two attached hydrogens (primary N) is 1. The van der Waals surface area contributed by atoms with Crippen molar-refractivity contribution >= 4 is 38.1 Å². The summed E-state index contributed by atoms with van der Waals surface area (Å²) in [5.41, 5.74) is 5.28. The predicted octanol–water partition coefficient (Wildman–Crippen LogP) is 2.47. The average molecular weight is 317 g/mol. The largest absolute Gasteiger partial charge is 0.500 e. The van der Waals surface area contributed by atoms with Crippen LogP contribution < -0.4 is 5.73 Å². The second-order valence-corrected chi connectivity index (χ2v) is 7.17. The van der Waals surface area contributed by atoms with Crippen LogP contribution >= 0.6 is 24.2 Å². The summed E-state index contributed by atoms with van der Waals surface area (Å²) in [6.45, 7) is 7.66. The van der Waals surface area contributed by atoms with Gasteiger partial charge in [0.25, 0.3) is 0 Å². The standard InChI is InChI=1S/C10H24N2O3SSi.ClH/c1-4-13-17(14-5-2,15-6-3)9-7-8-16-10(11)12;/h4-9H2,1-3H3,(H3,11,12);1H. The second kappa shape index (κ2) is 12.3. The van der Waals surface area contributed by atoms with Gasteiger partial charge in [0, 0.05) is 31.6 Å². The predicted molar refractivity (Wildman–Crippen MR) is 81.7 cm³/mol. The Morgan fingerprint density at radius 2 is 1.56 bits per heavy atom. The van der Waals surface area contributed by atoms with Gasteiger partial charge in [-0.05, 0) is 27.2 Å². The Morgan fingerprint density at radius 3 is 1.89 bits per heavy atom. The molecule has 0 heterocycles. The van der Waals surface area contributed by atoms with Gasteiger partial charge in [-0.1, -0.05) is 11.8 Å². The zero-order valence-corrected chi connectivity index (χ0v) is 14.0. The molecule has 110 valence electrons. The van der Waals surface area contributed by atoms with E-state index in [4.69, 9.17) is 24.4 Å². The molecule has 0 rings (SSSR count). The first-order valence-electron chi connectivity index (χ1n) is 5.98. The maximum atomic E-state index is 7.13. The van der Waals surface area contributed by atoms with Gasteiger partial charge in [-0.15, -0.1) is 12.4 Å². The lowest BCUT2D eigenvalue weighted by atomic mass is 10.6. The van der Waals surface area contributed by atoms with Crippen LogP contribution in [0.25, 0.3) is 0 Å². The second-order valence-electron chi connectivity index (χ2n) is 3.30. The van der Waals surface area contributed by atoms with Crippen LogP contribution in [-0.2, 0) is 13.3 Å². The van der Waals surface area contributed by atoms with Crippen LogP contribution in [0.5, 0.6) is 0 Å². The van der Waals surface area contributed by atoms with E-state index >= 15 is 0 Å². The number of nitrogens with one attached hydrogen (secondary N) is 1. The maximum Gasteiger partial charge on any atom is 0.500 e. The van der Waals surface area contributed by atoms with Gasteiger partial charge in [-0.3, -0.25) is 5.41 Å². The molecular weight excluding hydrogens is 292 g/mol. The maximum absolute atomic E-state index is 7.13. The van der Waals surface area contributed by atoms with Crippen molar-refractivity contribution in [1.82, 2.24) is 0 Å². The fraction of sp³-hybridized carbons (Fsp3) is 0.900. The molecule has 0 unspecified atom stereocenters. The molecule has 8 heteroatoms. The monoisotopic (exact) mass is 316 g/mol. The number of hydrogen-bond acceptors (Lipinski definition) is 5.